The maximum Gasteiger partial charge on any atom is 0.317 e. The van der Waals surface area contributed by atoms with Gasteiger partial charge in [-0.15, -0.1) is 0 Å². The molecular weight excluding hydrogens is 256 g/mol. The lowest BCUT2D eigenvalue weighted by Gasteiger charge is -2.34. The Morgan fingerprint density at radius 2 is 1.85 bits per heavy atom. The van der Waals surface area contributed by atoms with Crippen LogP contribution in [0.4, 0.5) is 4.79 Å². The van der Waals surface area contributed by atoms with Gasteiger partial charge in [-0.2, -0.15) is 0 Å². The summed E-state index contributed by atoms with van der Waals surface area (Å²) in [7, 11) is 1.81. The molecule has 0 aromatic heterocycles. The van der Waals surface area contributed by atoms with Crippen molar-refractivity contribution in [2.75, 3.05) is 13.6 Å². The minimum absolute atomic E-state index is 0.148. The molecule has 0 aromatic carbocycles. The Morgan fingerprint density at radius 3 is 2.30 bits per heavy atom. The number of carbonyl (C=O) groups is 2. The van der Waals surface area contributed by atoms with Gasteiger partial charge in [-0.25, -0.2) is 4.79 Å². The number of urea groups is 1. The molecule has 20 heavy (non-hydrogen) atoms. The third-order valence-electron chi connectivity index (χ3n) is 4.60. The SMILES string of the molecule is CCC1CCC(N(C)C(=O)NCC(CC)C(=O)O)CC1. The monoisotopic (exact) mass is 284 g/mol. The minimum Gasteiger partial charge on any atom is -0.481 e. The lowest BCUT2D eigenvalue weighted by Crippen LogP contribution is -2.46. The highest BCUT2D eigenvalue weighted by atomic mass is 16.4. The molecule has 2 N–H and O–H groups in total. The smallest absolute Gasteiger partial charge is 0.317 e. The van der Waals surface area contributed by atoms with Crippen LogP contribution in [0.3, 0.4) is 0 Å². The van der Waals surface area contributed by atoms with Gasteiger partial charge in [-0.3, -0.25) is 4.79 Å². The molecule has 0 aromatic rings. The topological polar surface area (TPSA) is 69.6 Å². The van der Waals surface area contributed by atoms with Crippen molar-refractivity contribution in [2.24, 2.45) is 11.8 Å². The number of amides is 2. The van der Waals surface area contributed by atoms with Gasteiger partial charge in [0.05, 0.1) is 5.92 Å². The van der Waals surface area contributed by atoms with E-state index in [1.807, 2.05) is 14.0 Å². The number of carboxylic acids is 1. The van der Waals surface area contributed by atoms with E-state index in [9.17, 15) is 9.59 Å². The normalized spacial score (nSPS) is 23.9. The molecule has 1 rings (SSSR count). The number of hydrogen-bond acceptors (Lipinski definition) is 2. The summed E-state index contributed by atoms with van der Waals surface area (Å²) in [6.07, 6.45) is 6.23. The highest BCUT2D eigenvalue weighted by molar-refractivity contribution is 5.76. The lowest BCUT2D eigenvalue weighted by atomic mass is 9.84. The summed E-state index contributed by atoms with van der Waals surface area (Å²) >= 11 is 0. The predicted octanol–water partition coefficient (Wildman–Crippen LogP) is 2.71. The van der Waals surface area contributed by atoms with Gasteiger partial charge in [0.2, 0.25) is 0 Å². The summed E-state index contributed by atoms with van der Waals surface area (Å²) in [5.74, 6) is -0.540. The standard InChI is InChI=1S/C15H28N2O3/c1-4-11-6-8-13(9-7-11)17(3)15(20)16-10-12(5-2)14(18)19/h11-13H,4-10H2,1-3H3,(H,16,20)(H,18,19). The predicted molar refractivity (Wildman–Crippen MR) is 78.6 cm³/mol. The zero-order valence-electron chi connectivity index (χ0n) is 12.9. The van der Waals surface area contributed by atoms with Crippen LogP contribution in [0.5, 0.6) is 0 Å². The van der Waals surface area contributed by atoms with Crippen molar-refractivity contribution in [3.8, 4) is 0 Å². The molecule has 1 aliphatic carbocycles. The summed E-state index contributed by atoms with van der Waals surface area (Å²) in [5.41, 5.74) is 0. The number of aliphatic carboxylic acids is 1. The van der Waals surface area contributed by atoms with Crippen molar-refractivity contribution in [3.05, 3.63) is 0 Å². The van der Waals surface area contributed by atoms with Crippen LogP contribution in [0.2, 0.25) is 0 Å². The van der Waals surface area contributed by atoms with Crippen molar-refractivity contribution in [1.29, 1.82) is 0 Å². The van der Waals surface area contributed by atoms with E-state index in [4.69, 9.17) is 5.11 Å². The third-order valence-corrected chi connectivity index (χ3v) is 4.60. The molecule has 0 spiro atoms. The molecule has 5 heteroatoms. The van der Waals surface area contributed by atoms with Crippen molar-refractivity contribution in [1.82, 2.24) is 10.2 Å². The molecule has 116 valence electrons. The van der Waals surface area contributed by atoms with Crippen molar-refractivity contribution < 1.29 is 14.7 Å². The zero-order valence-corrected chi connectivity index (χ0v) is 12.9. The minimum atomic E-state index is -0.848. The fraction of sp³-hybridized carbons (Fsp3) is 0.867. The molecule has 0 heterocycles. The van der Waals surface area contributed by atoms with Gasteiger partial charge in [0.25, 0.3) is 0 Å². The van der Waals surface area contributed by atoms with Crippen LogP contribution >= 0.6 is 0 Å². The fourth-order valence-electron chi connectivity index (χ4n) is 2.85. The second kappa shape index (κ2) is 8.12. The first-order valence-corrected chi connectivity index (χ1v) is 7.73. The highest BCUT2D eigenvalue weighted by Gasteiger charge is 2.26. The van der Waals surface area contributed by atoms with Crippen LogP contribution < -0.4 is 5.32 Å². The Bertz CT molecular complexity index is 325. The zero-order chi connectivity index (χ0) is 15.1. The summed E-state index contributed by atoms with van der Waals surface area (Å²) in [6, 6.07) is 0.146. The van der Waals surface area contributed by atoms with Crippen molar-refractivity contribution in [2.45, 2.75) is 58.4 Å². The van der Waals surface area contributed by atoms with Gasteiger partial charge in [-0.05, 0) is 38.0 Å². The van der Waals surface area contributed by atoms with Gasteiger partial charge in [-0.1, -0.05) is 20.3 Å². The fourth-order valence-corrected chi connectivity index (χ4v) is 2.85. The quantitative estimate of drug-likeness (QED) is 0.788. The molecule has 1 fully saturated rings. The Morgan fingerprint density at radius 1 is 1.25 bits per heavy atom. The van der Waals surface area contributed by atoms with Crippen LogP contribution in [0, 0.1) is 11.8 Å². The highest BCUT2D eigenvalue weighted by Crippen LogP contribution is 2.28. The number of hydrogen-bond donors (Lipinski definition) is 2. The summed E-state index contributed by atoms with van der Waals surface area (Å²) < 4.78 is 0. The average Bonchev–Trinajstić information content (AvgIpc) is 2.46. The van der Waals surface area contributed by atoms with E-state index in [1.54, 1.807) is 4.90 Å². The van der Waals surface area contributed by atoms with Gasteiger partial charge < -0.3 is 15.3 Å². The molecule has 1 saturated carbocycles. The molecule has 0 bridgehead atoms. The van der Waals surface area contributed by atoms with E-state index in [2.05, 4.69) is 12.2 Å². The summed E-state index contributed by atoms with van der Waals surface area (Å²) in [5, 5.41) is 11.7. The van der Waals surface area contributed by atoms with E-state index in [-0.39, 0.29) is 12.6 Å². The molecule has 0 saturated heterocycles. The Balaban J connectivity index is 2.37. The number of nitrogens with one attached hydrogen (secondary N) is 1. The summed E-state index contributed by atoms with van der Waals surface area (Å²) in [4.78, 5) is 24.7. The maximum absolute atomic E-state index is 12.1. The van der Waals surface area contributed by atoms with E-state index >= 15 is 0 Å². The molecule has 1 aliphatic rings. The molecule has 0 aliphatic heterocycles. The van der Waals surface area contributed by atoms with E-state index in [1.165, 1.54) is 19.3 Å². The van der Waals surface area contributed by atoms with Gasteiger partial charge in [0.1, 0.15) is 0 Å². The molecular formula is C15H28N2O3. The number of rotatable bonds is 6. The molecule has 0 radical (unpaired) electrons. The van der Waals surface area contributed by atoms with E-state index < -0.39 is 11.9 Å². The third kappa shape index (κ3) is 4.69. The largest absolute Gasteiger partial charge is 0.481 e. The van der Waals surface area contributed by atoms with Crippen LogP contribution in [0.15, 0.2) is 0 Å². The number of carboxylic acid groups (broad SMARTS) is 1. The Hall–Kier alpha value is -1.26. The van der Waals surface area contributed by atoms with Crippen LogP contribution in [0.25, 0.3) is 0 Å². The molecule has 2 amide bonds. The van der Waals surface area contributed by atoms with Crippen molar-refractivity contribution >= 4 is 12.0 Å². The van der Waals surface area contributed by atoms with Crippen molar-refractivity contribution in [3.63, 3.8) is 0 Å². The molecule has 1 atom stereocenters. The Kier molecular flexibility index (Phi) is 6.82. The van der Waals surface area contributed by atoms with Crippen LogP contribution in [-0.4, -0.2) is 41.6 Å². The molecule has 1 unspecified atom stereocenters. The first-order valence-electron chi connectivity index (χ1n) is 7.73. The first kappa shape index (κ1) is 16.8. The van der Waals surface area contributed by atoms with Crippen LogP contribution in [0.1, 0.15) is 52.4 Å². The Labute approximate surface area is 121 Å². The van der Waals surface area contributed by atoms with E-state index in [0.717, 1.165) is 18.8 Å². The second-order valence-electron chi connectivity index (χ2n) is 5.82. The summed E-state index contributed by atoms with van der Waals surface area (Å²) in [6.45, 7) is 4.25. The molecule has 5 nitrogen and oxygen atoms in total. The van der Waals surface area contributed by atoms with Crippen LogP contribution in [-0.2, 0) is 4.79 Å². The van der Waals surface area contributed by atoms with E-state index in [0.29, 0.717) is 12.5 Å². The van der Waals surface area contributed by atoms with Gasteiger partial charge >= 0.3 is 12.0 Å². The number of carbonyl (C=O) groups excluding carboxylic acids is 1. The van der Waals surface area contributed by atoms with Gasteiger partial charge in [0.15, 0.2) is 0 Å². The number of nitrogens with zero attached hydrogens (tertiary/aromatic N) is 1. The maximum atomic E-state index is 12.1. The average molecular weight is 284 g/mol. The van der Waals surface area contributed by atoms with Gasteiger partial charge in [0, 0.05) is 19.6 Å². The second-order valence-corrected chi connectivity index (χ2v) is 5.82. The lowest BCUT2D eigenvalue weighted by molar-refractivity contribution is -0.141. The first-order chi connectivity index (χ1) is 9.49.